The van der Waals surface area contributed by atoms with Crippen molar-refractivity contribution in [2.75, 3.05) is 41.0 Å². The summed E-state index contributed by atoms with van der Waals surface area (Å²) in [5.41, 5.74) is 1.08. The molecule has 180 valence electrons. The van der Waals surface area contributed by atoms with Gasteiger partial charge in [-0.1, -0.05) is 17.7 Å². The third-order valence-electron chi connectivity index (χ3n) is 4.40. The lowest BCUT2D eigenvalue weighted by molar-refractivity contribution is 0.0951. The van der Waals surface area contributed by atoms with E-state index in [0.717, 1.165) is 5.56 Å². The fraction of sp³-hybridized carbons (Fsp3) is 0.333. The molecule has 9 nitrogen and oxygen atoms in total. The third kappa shape index (κ3) is 7.74. The van der Waals surface area contributed by atoms with Crippen molar-refractivity contribution >= 4 is 44.9 Å². The van der Waals surface area contributed by atoms with Crippen molar-refractivity contribution in [1.82, 2.24) is 15.4 Å². The Morgan fingerprint density at radius 1 is 1.09 bits per heavy atom. The molecular formula is C21H26ClN3O6S2. The highest BCUT2D eigenvalue weighted by atomic mass is 35.5. The molecule has 0 fully saturated rings. The quantitative estimate of drug-likeness (QED) is 0.308. The molecule has 0 radical (unpaired) electrons. The number of ether oxygens (including phenoxy) is 3. The summed E-state index contributed by atoms with van der Waals surface area (Å²) in [6, 6.07) is 9.47. The Labute approximate surface area is 203 Å². The number of carbonyl (C=O) groups is 1. The molecule has 0 bridgehead atoms. The van der Waals surface area contributed by atoms with E-state index in [1.165, 1.54) is 33.4 Å². The number of hydrogen-bond donors (Lipinski definition) is 3. The van der Waals surface area contributed by atoms with E-state index in [1.807, 2.05) is 0 Å². The SMILES string of the molecule is CNC(=S)NS(=O)(=O)c1ccc(CCNC(=O)c2cc(Cl)ccc2OC)cc1OCCOC. The van der Waals surface area contributed by atoms with Gasteiger partial charge in [0.2, 0.25) is 0 Å². The van der Waals surface area contributed by atoms with E-state index in [2.05, 4.69) is 15.4 Å². The van der Waals surface area contributed by atoms with Gasteiger partial charge in [-0.25, -0.2) is 8.42 Å². The second-order valence-electron chi connectivity index (χ2n) is 6.66. The van der Waals surface area contributed by atoms with Crippen LogP contribution >= 0.6 is 23.8 Å². The summed E-state index contributed by atoms with van der Waals surface area (Å²) < 4.78 is 43.4. The highest BCUT2D eigenvalue weighted by Gasteiger charge is 2.21. The topological polar surface area (TPSA) is 115 Å². The van der Waals surface area contributed by atoms with Gasteiger partial charge in [0.1, 0.15) is 23.0 Å². The van der Waals surface area contributed by atoms with Gasteiger partial charge in [0.15, 0.2) is 5.11 Å². The maximum atomic E-state index is 12.7. The molecule has 0 heterocycles. The summed E-state index contributed by atoms with van der Waals surface area (Å²) in [5.74, 6) is 0.223. The number of rotatable bonds is 11. The van der Waals surface area contributed by atoms with Gasteiger partial charge in [0.05, 0.1) is 19.3 Å². The maximum Gasteiger partial charge on any atom is 0.267 e. The second-order valence-corrected chi connectivity index (χ2v) is 9.15. The smallest absolute Gasteiger partial charge is 0.267 e. The summed E-state index contributed by atoms with van der Waals surface area (Å²) in [6.07, 6.45) is 0.429. The van der Waals surface area contributed by atoms with Gasteiger partial charge in [-0.2, -0.15) is 0 Å². The number of thiocarbonyl (C=S) groups is 1. The molecule has 2 rings (SSSR count). The number of sulfonamides is 1. The molecule has 12 heteroatoms. The van der Waals surface area contributed by atoms with E-state index >= 15 is 0 Å². The Morgan fingerprint density at radius 2 is 1.85 bits per heavy atom. The van der Waals surface area contributed by atoms with E-state index in [4.69, 9.17) is 38.0 Å². The molecule has 0 saturated carbocycles. The van der Waals surface area contributed by atoms with Crippen molar-refractivity contribution in [3.63, 3.8) is 0 Å². The first-order chi connectivity index (χ1) is 15.7. The highest BCUT2D eigenvalue weighted by Crippen LogP contribution is 2.26. The lowest BCUT2D eigenvalue weighted by atomic mass is 10.1. The number of methoxy groups -OCH3 is 2. The predicted molar refractivity (Wildman–Crippen MR) is 130 cm³/mol. The summed E-state index contributed by atoms with van der Waals surface area (Å²) >= 11 is 10.9. The monoisotopic (exact) mass is 515 g/mol. The molecular weight excluding hydrogens is 490 g/mol. The van der Waals surface area contributed by atoms with Crippen LogP contribution in [0.3, 0.4) is 0 Å². The van der Waals surface area contributed by atoms with Crippen LogP contribution < -0.4 is 24.8 Å². The number of hydrogen-bond acceptors (Lipinski definition) is 7. The van der Waals surface area contributed by atoms with Crippen molar-refractivity contribution < 1.29 is 27.4 Å². The van der Waals surface area contributed by atoms with Crippen LogP contribution in [-0.4, -0.2) is 60.5 Å². The van der Waals surface area contributed by atoms with E-state index in [0.29, 0.717) is 29.3 Å². The van der Waals surface area contributed by atoms with Crippen molar-refractivity contribution in [3.8, 4) is 11.5 Å². The average Bonchev–Trinajstić information content (AvgIpc) is 2.78. The molecule has 2 aromatic rings. The zero-order valence-electron chi connectivity index (χ0n) is 18.4. The van der Waals surface area contributed by atoms with Crippen molar-refractivity contribution in [1.29, 1.82) is 0 Å². The Hall–Kier alpha value is -2.60. The van der Waals surface area contributed by atoms with Crippen LogP contribution in [0.2, 0.25) is 5.02 Å². The molecule has 0 aliphatic rings. The van der Waals surface area contributed by atoms with Gasteiger partial charge in [0, 0.05) is 25.7 Å². The first-order valence-electron chi connectivity index (χ1n) is 9.82. The largest absolute Gasteiger partial charge is 0.496 e. The fourth-order valence-corrected chi connectivity index (χ4v) is 4.37. The van der Waals surface area contributed by atoms with Crippen molar-refractivity contribution in [2.45, 2.75) is 11.3 Å². The molecule has 0 spiro atoms. The molecule has 1 amide bonds. The highest BCUT2D eigenvalue weighted by molar-refractivity contribution is 7.92. The number of benzene rings is 2. The first-order valence-corrected chi connectivity index (χ1v) is 12.1. The van der Waals surface area contributed by atoms with Crippen LogP contribution in [0.25, 0.3) is 0 Å². The standard InChI is InChI=1S/C21H26ClN3O6S2/c1-23-21(32)25-33(27,28)19-7-4-14(12-18(19)31-11-10-29-2)8-9-24-20(26)16-13-15(22)5-6-17(16)30-3/h4-7,12-13H,8-11H2,1-3H3,(H,24,26)(H2,23,25,32). The Kier molecular flexibility index (Phi) is 10.2. The number of amides is 1. The molecule has 0 unspecified atom stereocenters. The van der Waals surface area contributed by atoms with Crippen molar-refractivity contribution in [3.05, 3.63) is 52.5 Å². The number of carbonyl (C=O) groups excluding carboxylic acids is 1. The maximum absolute atomic E-state index is 12.7. The predicted octanol–water partition coefficient (Wildman–Crippen LogP) is 2.13. The molecule has 3 N–H and O–H groups in total. The van der Waals surface area contributed by atoms with Gasteiger partial charge < -0.3 is 24.8 Å². The minimum absolute atomic E-state index is 0.0407. The van der Waals surface area contributed by atoms with Gasteiger partial charge in [-0.3, -0.25) is 9.52 Å². The summed E-state index contributed by atoms with van der Waals surface area (Å²) in [4.78, 5) is 12.5. The van der Waals surface area contributed by atoms with E-state index < -0.39 is 10.0 Å². The van der Waals surface area contributed by atoms with Gasteiger partial charge >= 0.3 is 0 Å². The lowest BCUT2D eigenvalue weighted by Crippen LogP contribution is -2.37. The number of nitrogens with one attached hydrogen (secondary N) is 3. The lowest BCUT2D eigenvalue weighted by Gasteiger charge is -2.15. The average molecular weight is 516 g/mol. The van der Waals surface area contributed by atoms with Gasteiger partial charge in [-0.05, 0) is 54.5 Å². The first kappa shape index (κ1) is 26.7. The fourth-order valence-electron chi connectivity index (χ4n) is 2.78. The molecule has 0 aromatic heterocycles. The van der Waals surface area contributed by atoms with Crippen LogP contribution in [0.5, 0.6) is 11.5 Å². The van der Waals surface area contributed by atoms with Gasteiger partial charge in [-0.15, -0.1) is 0 Å². The summed E-state index contributed by atoms with van der Waals surface area (Å²) in [5, 5.41) is 5.74. The summed E-state index contributed by atoms with van der Waals surface area (Å²) in [7, 11) is 0.544. The molecule has 0 atom stereocenters. The van der Waals surface area contributed by atoms with E-state index in [1.54, 1.807) is 24.3 Å². The second kappa shape index (κ2) is 12.6. The van der Waals surface area contributed by atoms with Crippen LogP contribution in [0.1, 0.15) is 15.9 Å². The third-order valence-corrected chi connectivity index (χ3v) is 6.46. The number of halogens is 1. The zero-order chi connectivity index (χ0) is 24.4. The normalized spacial score (nSPS) is 10.9. The Morgan fingerprint density at radius 3 is 2.52 bits per heavy atom. The molecule has 0 aliphatic heterocycles. The molecule has 0 aliphatic carbocycles. The zero-order valence-corrected chi connectivity index (χ0v) is 20.8. The summed E-state index contributed by atoms with van der Waals surface area (Å²) in [6.45, 7) is 0.730. The van der Waals surface area contributed by atoms with E-state index in [-0.39, 0.29) is 34.9 Å². The van der Waals surface area contributed by atoms with Gasteiger partial charge in [0.25, 0.3) is 15.9 Å². The molecule has 33 heavy (non-hydrogen) atoms. The van der Waals surface area contributed by atoms with Crippen LogP contribution in [0.15, 0.2) is 41.3 Å². The minimum Gasteiger partial charge on any atom is -0.496 e. The van der Waals surface area contributed by atoms with Crippen LogP contribution in [-0.2, 0) is 21.2 Å². The molecule has 2 aromatic carbocycles. The Balaban J connectivity index is 2.15. The van der Waals surface area contributed by atoms with Crippen LogP contribution in [0.4, 0.5) is 0 Å². The minimum atomic E-state index is -3.95. The molecule has 0 saturated heterocycles. The van der Waals surface area contributed by atoms with Crippen molar-refractivity contribution in [2.24, 2.45) is 0 Å². The Bertz CT molecular complexity index is 1100. The van der Waals surface area contributed by atoms with Crippen LogP contribution in [0, 0.1) is 0 Å². The van der Waals surface area contributed by atoms with E-state index in [9.17, 15) is 13.2 Å².